The zero-order chi connectivity index (χ0) is 14.5. The van der Waals surface area contributed by atoms with Gasteiger partial charge < -0.3 is 20.5 Å². The van der Waals surface area contributed by atoms with Crippen molar-refractivity contribution >= 4 is 29.0 Å². The number of phenolic OH excluding ortho intramolecular Hbond substituents is 1. The number of phenols is 1. The highest BCUT2D eigenvalue weighted by Crippen LogP contribution is 2.26. The van der Waals surface area contributed by atoms with Crippen molar-refractivity contribution in [3.05, 3.63) is 41.6 Å². The van der Waals surface area contributed by atoms with E-state index in [-0.39, 0.29) is 10.8 Å². The van der Waals surface area contributed by atoms with Crippen molar-refractivity contribution in [3.63, 3.8) is 0 Å². The topological polar surface area (TPSA) is 83.5 Å². The number of anilines is 2. The molecule has 0 aliphatic heterocycles. The lowest BCUT2D eigenvalue weighted by molar-refractivity contribution is 0.262. The van der Waals surface area contributed by atoms with Crippen molar-refractivity contribution < 1.29 is 14.6 Å². The van der Waals surface area contributed by atoms with Crippen LogP contribution in [0, 0.1) is 0 Å². The zero-order valence-electron chi connectivity index (χ0n) is 10.6. The molecule has 1 aromatic heterocycles. The van der Waals surface area contributed by atoms with Crippen molar-refractivity contribution in [2.45, 2.75) is 0 Å². The number of carbonyl (C=O) groups excluding carboxylic acids is 1. The molecule has 2 amide bonds. The van der Waals surface area contributed by atoms with Gasteiger partial charge in [-0.25, -0.2) is 9.78 Å². The van der Waals surface area contributed by atoms with E-state index in [1.54, 1.807) is 12.1 Å². The quantitative estimate of drug-likeness (QED) is 0.759. The van der Waals surface area contributed by atoms with E-state index in [1.165, 1.54) is 31.5 Å². The Balaban J connectivity index is 2.03. The van der Waals surface area contributed by atoms with E-state index < -0.39 is 6.03 Å². The predicted molar refractivity (Wildman–Crippen MR) is 76.5 cm³/mol. The highest BCUT2D eigenvalue weighted by molar-refractivity contribution is 6.32. The number of carbonyl (C=O) groups is 1. The third kappa shape index (κ3) is 3.52. The number of hydrogen-bond donors (Lipinski definition) is 3. The molecule has 3 N–H and O–H groups in total. The summed E-state index contributed by atoms with van der Waals surface area (Å²) < 4.78 is 4.96. The second-order valence-electron chi connectivity index (χ2n) is 3.83. The largest absolute Gasteiger partial charge is 0.506 e. The summed E-state index contributed by atoms with van der Waals surface area (Å²) in [6, 6.07) is 7.15. The van der Waals surface area contributed by atoms with Crippen LogP contribution in [-0.2, 0) is 0 Å². The van der Waals surface area contributed by atoms with Crippen LogP contribution in [0.4, 0.5) is 16.2 Å². The van der Waals surface area contributed by atoms with E-state index in [0.29, 0.717) is 17.3 Å². The van der Waals surface area contributed by atoms with E-state index in [9.17, 15) is 9.90 Å². The lowest BCUT2D eigenvalue weighted by Crippen LogP contribution is -2.19. The number of aromatic nitrogens is 1. The molecule has 20 heavy (non-hydrogen) atoms. The molecule has 0 bridgehead atoms. The summed E-state index contributed by atoms with van der Waals surface area (Å²) in [5, 5.41) is 14.7. The second-order valence-corrected chi connectivity index (χ2v) is 4.24. The molecule has 7 heteroatoms. The lowest BCUT2D eigenvalue weighted by Gasteiger charge is -2.09. The molecule has 0 fully saturated rings. The second kappa shape index (κ2) is 6.12. The summed E-state index contributed by atoms with van der Waals surface area (Å²) in [6.07, 6.45) is 1.52. The van der Waals surface area contributed by atoms with E-state index in [1.807, 2.05) is 0 Å². The van der Waals surface area contributed by atoms with E-state index in [2.05, 4.69) is 15.6 Å². The van der Waals surface area contributed by atoms with Gasteiger partial charge in [0.2, 0.25) is 5.88 Å². The molecule has 0 saturated heterocycles. The molecule has 1 heterocycles. The van der Waals surface area contributed by atoms with Crippen molar-refractivity contribution in [2.24, 2.45) is 0 Å². The maximum absolute atomic E-state index is 11.8. The number of aromatic hydroxyl groups is 1. The first-order chi connectivity index (χ1) is 9.58. The molecule has 0 aliphatic carbocycles. The smallest absolute Gasteiger partial charge is 0.323 e. The number of hydrogen-bond acceptors (Lipinski definition) is 4. The molecular formula is C13H12ClN3O3. The average molecular weight is 294 g/mol. The number of amides is 2. The first-order valence-electron chi connectivity index (χ1n) is 5.65. The summed E-state index contributed by atoms with van der Waals surface area (Å²) in [5.41, 5.74) is 1.01. The van der Waals surface area contributed by atoms with Crippen molar-refractivity contribution in [2.75, 3.05) is 17.7 Å². The normalized spacial score (nSPS) is 9.90. The molecule has 0 aliphatic rings. The molecule has 6 nitrogen and oxygen atoms in total. The molecule has 2 rings (SSSR count). The first-order valence-corrected chi connectivity index (χ1v) is 6.03. The number of nitrogens with zero attached hydrogens (tertiary/aromatic N) is 1. The number of urea groups is 1. The molecular weight excluding hydrogens is 282 g/mol. The third-order valence-electron chi connectivity index (χ3n) is 2.41. The van der Waals surface area contributed by atoms with Gasteiger partial charge >= 0.3 is 6.03 Å². The van der Waals surface area contributed by atoms with Crippen LogP contribution in [0.1, 0.15) is 0 Å². The Morgan fingerprint density at radius 1 is 1.25 bits per heavy atom. The Hall–Kier alpha value is -2.47. The Bertz CT molecular complexity index is 634. The molecule has 1 aromatic carbocycles. The van der Waals surface area contributed by atoms with Gasteiger partial charge in [0.05, 0.1) is 12.1 Å². The Kier molecular flexibility index (Phi) is 4.27. The molecule has 0 saturated carbocycles. The van der Waals surface area contributed by atoms with Crippen LogP contribution < -0.4 is 15.4 Å². The first kappa shape index (κ1) is 14.0. The molecule has 0 radical (unpaired) electrons. The van der Waals surface area contributed by atoms with E-state index >= 15 is 0 Å². The van der Waals surface area contributed by atoms with Gasteiger partial charge in [-0.3, -0.25) is 0 Å². The van der Waals surface area contributed by atoms with E-state index in [4.69, 9.17) is 16.3 Å². The number of pyridine rings is 1. The number of halogens is 1. The maximum atomic E-state index is 11.8. The van der Waals surface area contributed by atoms with Gasteiger partial charge in [0.25, 0.3) is 0 Å². The van der Waals surface area contributed by atoms with E-state index in [0.717, 1.165) is 0 Å². The molecule has 0 spiro atoms. The Morgan fingerprint density at radius 3 is 2.60 bits per heavy atom. The minimum atomic E-state index is -0.444. The Morgan fingerprint density at radius 2 is 1.95 bits per heavy atom. The van der Waals surface area contributed by atoms with Crippen LogP contribution >= 0.6 is 11.6 Å². The highest BCUT2D eigenvalue weighted by Gasteiger charge is 2.06. The van der Waals surface area contributed by atoms with Crippen LogP contribution in [0.3, 0.4) is 0 Å². The fourth-order valence-electron chi connectivity index (χ4n) is 1.48. The summed E-state index contributed by atoms with van der Waals surface area (Å²) in [7, 11) is 1.49. The zero-order valence-corrected chi connectivity index (χ0v) is 11.3. The van der Waals surface area contributed by atoms with Crippen molar-refractivity contribution in [3.8, 4) is 11.6 Å². The fraction of sp³-hybridized carbons (Fsp3) is 0.0769. The van der Waals surface area contributed by atoms with Crippen LogP contribution in [0.25, 0.3) is 0 Å². The van der Waals surface area contributed by atoms with Gasteiger partial charge in [0.15, 0.2) is 0 Å². The summed E-state index contributed by atoms with van der Waals surface area (Å²) in [4.78, 5) is 15.7. The predicted octanol–water partition coefficient (Wildman–Crippen LogP) is 3.09. The van der Waals surface area contributed by atoms with Gasteiger partial charge in [-0.05, 0) is 24.3 Å². The molecule has 2 aromatic rings. The highest BCUT2D eigenvalue weighted by atomic mass is 35.5. The SMILES string of the molecule is COc1cc(NC(=O)Nc2ccc(O)c(Cl)c2)ccn1. The van der Waals surface area contributed by atoms with Gasteiger partial charge in [-0.1, -0.05) is 11.6 Å². The van der Waals surface area contributed by atoms with Gasteiger partial charge in [-0.15, -0.1) is 0 Å². The van der Waals surface area contributed by atoms with Crippen LogP contribution in [0.5, 0.6) is 11.6 Å². The summed E-state index contributed by atoms with van der Waals surface area (Å²) in [6.45, 7) is 0. The number of benzene rings is 1. The maximum Gasteiger partial charge on any atom is 0.323 e. The van der Waals surface area contributed by atoms with Gasteiger partial charge in [0, 0.05) is 23.6 Å². The molecule has 0 unspecified atom stereocenters. The van der Waals surface area contributed by atoms with Crippen LogP contribution in [0.2, 0.25) is 5.02 Å². The van der Waals surface area contributed by atoms with Gasteiger partial charge in [-0.2, -0.15) is 0 Å². The summed E-state index contributed by atoms with van der Waals surface area (Å²) in [5.74, 6) is 0.354. The number of ether oxygens (including phenoxy) is 1. The standard InChI is InChI=1S/C13H12ClN3O3/c1-20-12-7-9(4-5-15-12)17-13(19)16-8-2-3-11(18)10(14)6-8/h2-7,18H,1H3,(H2,15,16,17,19). The summed E-state index contributed by atoms with van der Waals surface area (Å²) >= 11 is 5.75. The number of rotatable bonds is 3. The average Bonchev–Trinajstić information content (AvgIpc) is 2.43. The number of methoxy groups -OCH3 is 1. The number of nitrogens with one attached hydrogen (secondary N) is 2. The minimum absolute atomic E-state index is 0.0449. The van der Waals surface area contributed by atoms with Gasteiger partial charge in [0.1, 0.15) is 5.75 Å². The van der Waals surface area contributed by atoms with Crippen LogP contribution in [-0.4, -0.2) is 23.2 Å². The minimum Gasteiger partial charge on any atom is -0.506 e. The monoisotopic (exact) mass is 293 g/mol. The molecule has 0 atom stereocenters. The Labute approximate surface area is 120 Å². The van der Waals surface area contributed by atoms with Crippen LogP contribution in [0.15, 0.2) is 36.5 Å². The fourth-order valence-corrected chi connectivity index (χ4v) is 1.66. The lowest BCUT2D eigenvalue weighted by atomic mass is 10.3. The molecule has 104 valence electrons. The van der Waals surface area contributed by atoms with Crippen molar-refractivity contribution in [1.29, 1.82) is 0 Å². The van der Waals surface area contributed by atoms with Crippen molar-refractivity contribution in [1.82, 2.24) is 4.98 Å². The third-order valence-corrected chi connectivity index (χ3v) is 2.71.